The number of anilines is 12. The average Bonchev–Trinajstić information content (AvgIpc) is 0.766. The highest BCUT2D eigenvalue weighted by atomic mass is 32.1. The van der Waals surface area contributed by atoms with Crippen molar-refractivity contribution in [2.45, 2.75) is 0 Å². The van der Waals surface area contributed by atoms with Gasteiger partial charge in [-0.15, -0.1) is 11.3 Å². The molecular weight excluding hydrogens is 1310 g/mol. The van der Waals surface area contributed by atoms with Gasteiger partial charge in [-0.1, -0.05) is 188 Å². The highest BCUT2D eigenvalue weighted by molar-refractivity contribution is 7.26. The number of hydrogen-bond acceptors (Lipinski definition) is 8. The first-order valence-electron chi connectivity index (χ1n) is 36.3. The number of nitrogens with zero attached hydrogens (tertiary/aromatic N) is 4. The fraction of sp³-hybridized carbons (Fsp3) is 0. The molecule has 106 heavy (non-hydrogen) atoms. The lowest BCUT2D eigenvalue weighted by Crippen LogP contribution is -2.61. The van der Waals surface area contributed by atoms with Crippen LogP contribution in [0.5, 0.6) is 0 Å². The van der Waals surface area contributed by atoms with Crippen molar-refractivity contribution in [3.8, 4) is 33.4 Å². The quantitative estimate of drug-likeness (QED) is 0.147. The predicted octanol–water partition coefficient (Wildman–Crippen LogP) is 22.9. The summed E-state index contributed by atoms with van der Waals surface area (Å²) in [5.74, 6) is 0. The molecule has 0 radical (unpaired) electrons. The molecule has 0 saturated carbocycles. The predicted molar refractivity (Wildman–Crippen MR) is 446 cm³/mol. The molecule has 0 spiro atoms. The number of benzene rings is 16. The second-order valence-electron chi connectivity index (χ2n) is 28.5. The summed E-state index contributed by atoms with van der Waals surface area (Å²) in [7, 11) is 0. The van der Waals surface area contributed by atoms with Gasteiger partial charge in [0.25, 0.3) is 13.4 Å². The van der Waals surface area contributed by atoms with E-state index in [0.29, 0.717) is 0 Å². The zero-order valence-electron chi connectivity index (χ0n) is 56.9. The minimum atomic E-state index is 0.00974. The first kappa shape index (κ1) is 58.0. The van der Waals surface area contributed by atoms with Crippen LogP contribution in [0.25, 0.3) is 119 Å². The Morgan fingerprint density at radius 2 is 0.604 bits per heavy atom. The van der Waals surface area contributed by atoms with Crippen LogP contribution in [0.1, 0.15) is 0 Å². The molecule has 490 valence electrons. The van der Waals surface area contributed by atoms with Gasteiger partial charge in [0.1, 0.15) is 33.5 Å². The van der Waals surface area contributed by atoms with Crippen LogP contribution < -0.4 is 52.4 Å². The van der Waals surface area contributed by atoms with E-state index in [2.05, 4.69) is 341 Å². The molecule has 0 fully saturated rings. The van der Waals surface area contributed by atoms with Crippen LogP contribution in [0.2, 0.25) is 0 Å². The molecular formula is C96H56B2N4O3S. The second-order valence-corrected chi connectivity index (χ2v) is 29.6. The van der Waals surface area contributed by atoms with Gasteiger partial charge in [0, 0.05) is 133 Å². The van der Waals surface area contributed by atoms with E-state index in [-0.39, 0.29) is 13.4 Å². The molecule has 0 unspecified atom stereocenters. The Kier molecular flexibility index (Phi) is 12.0. The number of fused-ring (bicyclic) bond motifs is 20. The maximum absolute atomic E-state index is 6.98. The van der Waals surface area contributed by atoms with E-state index in [4.69, 9.17) is 13.3 Å². The maximum Gasteiger partial charge on any atom is 0.252 e. The molecule has 24 rings (SSSR count). The topological polar surface area (TPSA) is 52.4 Å². The maximum atomic E-state index is 6.98. The molecule has 8 heterocycles. The number of rotatable bonds is 7. The highest BCUT2D eigenvalue weighted by Gasteiger charge is 2.45. The number of hydrogen-bond donors (Lipinski definition) is 0. The number of thiophene rings is 1. The first-order chi connectivity index (χ1) is 52.6. The van der Waals surface area contributed by atoms with Gasteiger partial charge < -0.3 is 32.9 Å². The molecule has 20 aromatic rings. The molecule has 0 aliphatic carbocycles. The van der Waals surface area contributed by atoms with E-state index in [0.717, 1.165) is 128 Å². The Hall–Kier alpha value is -13.5. The van der Waals surface area contributed by atoms with Crippen molar-refractivity contribution in [2.75, 3.05) is 19.6 Å². The van der Waals surface area contributed by atoms with E-state index >= 15 is 0 Å². The Morgan fingerprint density at radius 1 is 0.226 bits per heavy atom. The van der Waals surface area contributed by atoms with Gasteiger partial charge in [-0.2, -0.15) is 0 Å². The molecule has 0 atom stereocenters. The van der Waals surface area contributed by atoms with Gasteiger partial charge in [0.15, 0.2) is 0 Å². The van der Waals surface area contributed by atoms with Gasteiger partial charge in [-0.25, -0.2) is 0 Å². The number of furan rings is 3. The van der Waals surface area contributed by atoms with E-state index < -0.39 is 0 Å². The Bertz CT molecular complexity index is 7190. The third kappa shape index (κ3) is 8.24. The van der Waals surface area contributed by atoms with Crippen LogP contribution in [0.3, 0.4) is 0 Å². The summed E-state index contributed by atoms with van der Waals surface area (Å²) in [4.78, 5) is 9.85. The lowest BCUT2D eigenvalue weighted by Gasteiger charge is -2.44. The highest BCUT2D eigenvalue weighted by Crippen LogP contribution is 2.51. The van der Waals surface area contributed by atoms with E-state index in [1.54, 1.807) is 0 Å². The molecule has 10 heteroatoms. The van der Waals surface area contributed by atoms with Crippen LogP contribution >= 0.6 is 11.3 Å². The van der Waals surface area contributed by atoms with Crippen molar-refractivity contribution in [3.05, 3.63) is 340 Å². The molecule has 0 N–H and O–H groups in total. The molecule has 0 saturated heterocycles. The van der Waals surface area contributed by atoms with Crippen LogP contribution in [0, 0.1) is 0 Å². The van der Waals surface area contributed by atoms with Gasteiger partial charge >= 0.3 is 0 Å². The molecule has 7 nitrogen and oxygen atoms in total. The smallest absolute Gasteiger partial charge is 0.252 e. The van der Waals surface area contributed by atoms with Gasteiger partial charge in [0.2, 0.25) is 0 Å². The SMILES string of the molecule is c1cc(-c2ccc3oc4ccccc4c3c2)cc(N2c3ccccc3B3c4ccccc4N(c4ccc5c(c4)oc4ccc(-c6ccc(-c7ccc(N8c9ccccc9B9c%10ccccc%10N(c%10ccc%11c(c%10)oc%10ccccc%10%11)c%10cccc8c%109)cc7)c7sc8ccccc8c67)cc45)c4cccc2c43)c1. The number of para-hydroxylation sites is 6. The Balaban J connectivity index is 0.584. The molecule has 0 amide bonds. The van der Waals surface area contributed by atoms with Gasteiger partial charge in [-0.05, 0) is 206 Å². The van der Waals surface area contributed by atoms with Crippen molar-refractivity contribution in [1.82, 2.24) is 0 Å². The Morgan fingerprint density at radius 3 is 1.17 bits per heavy atom. The van der Waals surface area contributed by atoms with E-state index in [1.807, 2.05) is 29.5 Å². The molecule has 4 aliphatic heterocycles. The zero-order chi connectivity index (χ0) is 69.0. The summed E-state index contributed by atoms with van der Waals surface area (Å²) in [6.45, 7) is 0.0446. The third-order valence-corrected chi connectivity index (χ3v) is 24.2. The third-order valence-electron chi connectivity index (χ3n) is 23.0. The first-order valence-corrected chi connectivity index (χ1v) is 37.1. The monoisotopic (exact) mass is 1370 g/mol. The summed E-state index contributed by atoms with van der Waals surface area (Å²) in [5.41, 5.74) is 33.6. The lowest BCUT2D eigenvalue weighted by atomic mass is 9.33. The van der Waals surface area contributed by atoms with Gasteiger partial charge in [-0.3, -0.25) is 0 Å². The summed E-state index contributed by atoms with van der Waals surface area (Å²) in [6.07, 6.45) is 0. The fourth-order valence-electron chi connectivity index (χ4n) is 18.5. The average molecular weight is 1370 g/mol. The van der Waals surface area contributed by atoms with Crippen LogP contribution in [0.4, 0.5) is 68.2 Å². The summed E-state index contributed by atoms with van der Waals surface area (Å²) in [5, 5.41) is 9.16. The summed E-state index contributed by atoms with van der Waals surface area (Å²) >= 11 is 1.88. The molecule has 16 aromatic carbocycles. The molecule has 0 bridgehead atoms. The minimum Gasteiger partial charge on any atom is -0.456 e. The van der Waals surface area contributed by atoms with Crippen molar-refractivity contribution >= 4 is 212 Å². The van der Waals surface area contributed by atoms with Crippen molar-refractivity contribution in [3.63, 3.8) is 0 Å². The second kappa shape index (κ2) is 22.0. The van der Waals surface area contributed by atoms with E-state index in [1.165, 1.54) is 92.4 Å². The van der Waals surface area contributed by atoms with Crippen molar-refractivity contribution in [2.24, 2.45) is 0 Å². The van der Waals surface area contributed by atoms with Crippen LogP contribution in [0.15, 0.2) is 353 Å². The lowest BCUT2D eigenvalue weighted by molar-refractivity contribution is 0.668. The normalized spacial score (nSPS) is 13.4. The van der Waals surface area contributed by atoms with Gasteiger partial charge in [0.05, 0.1) is 0 Å². The minimum absolute atomic E-state index is 0.00974. The summed E-state index contributed by atoms with van der Waals surface area (Å²) in [6, 6.07) is 125. The largest absolute Gasteiger partial charge is 0.456 e. The molecule has 4 aromatic heterocycles. The zero-order valence-corrected chi connectivity index (χ0v) is 57.7. The summed E-state index contributed by atoms with van der Waals surface area (Å²) < 4.78 is 22.3. The van der Waals surface area contributed by atoms with Crippen LogP contribution in [-0.4, -0.2) is 13.4 Å². The Labute approximate surface area is 613 Å². The molecule has 4 aliphatic rings. The van der Waals surface area contributed by atoms with E-state index in [9.17, 15) is 0 Å². The fourth-order valence-corrected chi connectivity index (χ4v) is 19.8. The van der Waals surface area contributed by atoms with Crippen molar-refractivity contribution < 1.29 is 13.3 Å². The standard InChI is InChI=1S/C96H56B2N4O3S/c1-12-35-86-67(20-1)69-46-44-63(55-90(69)104-86)101-80-29-10-6-25-76(80)97-74-23-4-8-27-78(74)99(82-31-16-33-84(101)94(82)97)61-42-38-57(39-43-61)66-49-48-65(93-71-22-3-14-37-92(71)106-96(66)93)60-41-51-89-73(54-60)70-47-45-64(56-91(70)105-89)102-81-30-11-7-26-77(81)98-75-24-5-9-28-79(75)100(83-32-17-34-85(102)95(83)98)62-19-15-18-58(52-62)59-40-50-88-72(53-59)68-21-2-13-36-87(68)103-88/h1-56H. The van der Waals surface area contributed by atoms with Crippen LogP contribution in [-0.2, 0) is 0 Å². The van der Waals surface area contributed by atoms with Crippen molar-refractivity contribution in [1.29, 1.82) is 0 Å².